The predicted octanol–water partition coefficient (Wildman–Crippen LogP) is 3.47. The largest absolute Gasteiger partial charge is 0.493 e. The van der Waals surface area contributed by atoms with E-state index in [-0.39, 0.29) is 30.6 Å². The van der Waals surface area contributed by atoms with Gasteiger partial charge in [-0.2, -0.15) is 0 Å². The van der Waals surface area contributed by atoms with Crippen LogP contribution in [0.25, 0.3) is 0 Å². The van der Waals surface area contributed by atoms with Gasteiger partial charge >= 0.3 is 0 Å². The van der Waals surface area contributed by atoms with Gasteiger partial charge in [-0.25, -0.2) is 0 Å². The van der Waals surface area contributed by atoms with E-state index < -0.39 is 0 Å². The zero-order chi connectivity index (χ0) is 21.8. The highest BCUT2D eigenvalue weighted by Gasteiger charge is 2.34. The Bertz CT molecular complexity index is 955. The lowest BCUT2D eigenvalue weighted by atomic mass is 9.97. The molecule has 2 aliphatic heterocycles. The van der Waals surface area contributed by atoms with Crippen molar-refractivity contribution in [3.05, 3.63) is 53.6 Å². The van der Waals surface area contributed by atoms with Crippen LogP contribution in [0.15, 0.2) is 42.5 Å². The minimum absolute atomic E-state index is 0.0408. The molecule has 2 aliphatic rings. The number of aryl methyl sites for hydroxylation is 1. The van der Waals surface area contributed by atoms with E-state index in [0.717, 1.165) is 29.7 Å². The molecule has 2 amide bonds. The summed E-state index contributed by atoms with van der Waals surface area (Å²) in [5, 5.41) is 2.89. The van der Waals surface area contributed by atoms with Crippen molar-refractivity contribution in [3.63, 3.8) is 0 Å². The van der Waals surface area contributed by atoms with Crippen LogP contribution in [0.1, 0.15) is 36.3 Å². The third-order valence-corrected chi connectivity index (χ3v) is 5.79. The summed E-state index contributed by atoms with van der Waals surface area (Å²) in [6.07, 6.45) is 2.17. The molecule has 2 fully saturated rings. The standard InChI is InChI=1S/C24H28N2O5/c1-16-6-3-4-7-19(16)25-22(27)15-26-12-11-18(24(26)28)17-9-10-20(29-2)21(14-17)31-23-8-5-13-30-23/h3-4,6-7,9-10,14,18,23H,5,8,11-13,15H2,1-2H3,(H,25,27). The molecule has 7 nitrogen and oxygen atoms in total. The number of nitrogens with one attached hydrogen (secondary N) is 1. The van der Waals surface area contributed by atoms with Gasteiger partial charge in [-0.1, -0.05) is 24.3 Å². The van der Waals surface area contributed by atoms with E-state index in [1.807, 2.05) is 49.4 Å². The van der Waals surface area contributed by atoms with Gasteiger partial charge in [0.2, 0.25) is 11.8 Å². The Hall–Kier alpha value is -3.06. The van der Waals surface area contributed by atoms with Crippen LogP contribution >= 0.6 is 0 Å². The number of hydrogen-bond donors (Lipinski definition) is 1. The molecule has 2 aromatic rings. The van der Waals surface area contributed by atoms with Crippen molar-refractivity contribution in [3.8, 4) is 11.5 Å². The van der Waals surface area contributed by atoms with Crippen LogP contribution in [0.5, 0.6) is 11.5 Å². The van der Waals surface area contributed by atoms with Gasteiger partial charge < -0.3 is 24.4 Å². The van der Waals surface area contributed by atoms with Gasteiger partial charge in [-0.3, -0.25) is 9.59 Å². The summed E-state index contributed by atoms with van der Waals surface area (Å²) in [5.74, 6) is 0.646. The molecule has 2 unspecified atom stereocenters. The smallest absolute Gasteiger partial charge is 0.244 e. The van der Waals surface area contributed by atoms with Crippen molar-refractivity contribution >= 4 is 17.5 Å². The minimum Gasteiger partial charge on any atom is -0.493 e. The maximum Gasteiger partial charge on any atom is 0.244 e. The maximum absolute atomic E-state index is 13.0. The summed E-state index contributed by atoms with van der Waals surface area (Å²) in [5.41, 5.74) is 2.61. The molecular weight excluding hydrogens is 396 g/mol. The fourth-order valence-electron chi connectivity index (χ4n) is 4.07. The Balaban J connectivity index is 1.42. The molecule has 2 heterocycles. The highest BCUT2D eigenvalue weighted by atomic mass is 16.7. The van der Waals surface area contributed by atoms with E-state index in [1.54, 1.807) is 12.0 Å². The molecule has 0 spiro atoms. The van der Waals surface area contributed by atoms with Gasteiger partial charge in [0.25, 0.3) is 0 Å². The van der Waals surface area contributed by atoms with E-state index in [4.69, 9.17) is 14.2 Å². The van der Waals surface area contributed by atoms with Crippen LogP contribution in [0, 0.1) is 6.92 Å². The van der Waals surface area contributed by atoms with Crippen molar-refractivity contribution in [2.75, 3.05) is 32.1 Å². The molecule has 0 saturated carbocycles. The van der Waals surface area contributed by atoms with Gasteiger partial charge in [-0.15, -0.1) is 0 Å². The number of amides is 2. The lowest BCUT2D eigenvalue weighted by Gasteiger charge is -2.19. The topological polar surface area (TPSA) is 77.1 Å². The van der Waals surface area contributed by atoms with Crippen LogP contribution in [0.4, 0.5) is 5.69 Å². The van der Waals surface area contributed by atoms with Crippen LogP contribution in [0.3, 0.4) is 0 Å². The molecule has 7 heteroatoms. The van der Waals surface area contributed by atoms with Crippen molar-refractivity contribution < 1.29 is 23.8 Å². The van der Waals surface area contributed by atoms with Crippen molar-refractivity contribution in [1.82, 2.24) is 4.90 Å². The monoisotopic (exact) mass is 424 g/mol. The number of carbonyl (C=O) groups excluding carboxylic acids is 2. The Kier molecular flexibility index (Phi) is 6.42. The third kappa shape index (κ3) is 4.82. The molecule has 4 rings (SSSR count). The molecule has 2 saturated heterocycles. The lowest BCUT2D eigenvalue weighted by Crippen LogP contribution is -2.35. The molecule has 0 bridgehead atoms. The molecule has 2 atom stereocenters. The molecule has 0 aromatic heterocycles. The average Bonchev–Trinajstić information content (AvgIpc) is 3.40. The zero-order valence-electron chi connectivity index (χ0n) is 17.9. The number of rotatable bonds is 7. The molecule has 1 N–H and O–H groups in total. The average molecular weight is 424 g/mol. The SMILES string of the molecule is COc1ccc(C2CCN(CC(=O)Nc3ccccc3C)C2=O)cc1OC1CCCO1. The second-order valence-corrected chi connectivity index (χ2v) is 7.93. The molecule has 164 valence electrons. The van der Waals surface area contributed by atoms with Gasteiger partial charge in [0, 0.05) is 18.7 Å². The summed E-state index contributed by atoms with van der Waals surface area (Å²) >= 11 is 0. The zero-order valence-corrected chi connectivity index (χ0v) is 17.9. The quantitative estimate of drug-likeness (QED) is 0.737. The molecule has 2 aromatic carbocycles. The maximum atomic E-state index is 13.0. The number of anilines is 1. The first kappa shape index (κ1) is 21.2. The fraction of sp³-hybridized carbons (Fsp3) is 0.417. The Morgan fingerprint density at radius 2 is 2.03 bits per heavy atom. The Labute approximate surface area is 182 Å². The second kappa shape index (κ2) is 9.39. The molecule has 0 radical (unpaired) electrons. The first-order chi connectivity index (χ1) is 15.0. The third-order valence-electron chi connectivity index (χ3n) is 5.79. The number of carbonyl (C=O) groups is 2. The number of likely N-dealkylation sites (tertiary alicyclic amines) is 1. The number of benzene rings is 2. The van der Waals surface area contributed by atoms with Gasteiger partial charge in [0.05, 0.1) is 26.2 Å². The summed E-state index contributed by atoms with van der Waals surface area (Å²) in [4.78, 5) is 27.1. The van der Waals surface area contributed by atoms with Crippen LogP contribution in [-0.4, -0.2) is 49.8 Å². The van der Waals surface area contributed by atoms with Crippen molar-refractivity contribution in [2.45, 2.75) is 38.4 Å². The van der Waals surface area contributed by atoms with E-state index in [2.05, 4.69) is 5.32 Å². The second-order valence-electron chi connectivity index (χ2n) is 7.93. The summed E-state index contributed by atoms with van der Waals surface area (Å²) in [6.45, 7) is 3.21. The summed E-state index contributed by atoms with van der Waals surface area (Å²) in [6, 6.07) is 13.2. The Morgan fingerprint density at radius 1 is 1.19 bits per heavy atom. The summed E-state index contributed by atoms with van der Waals surface area (Å²) < 4.78 is 16.9. The van der Waals surface area contributed by atoms with E-state index in [0.29, 0.717) is 31.1 Å². The van der Waals surface area contributed by atoms with Crippen molar-refractivity contribution in [2.24, 2.45) is 0 Å². The Morgan fingerprint density at radius 3 is 2.77 bits per heavy atom. The lowest BCUT2D eigenvalue weighted by molar-refractivity contribution is -0.132. The fourth-order valence-corrected chi connectivity index (χ4v) is 4.07. The highest BCUT2D eigenvalue weighted by molar-refractivity contribution is 5.96. The molecular formula is C24H28N2O5. The molecule has 31 heavy (non-hydrogen) atoms. The van der Waals surface area contributed by atoms with Gasteiger partial charge in [0.1, 0.15) is 0 Å². The van der Waals surface area contributed by atoms with Crippen LogP contribution in [-0.2, 0) is 14.3 Å². The van der Waals surface area contributed by atoms with E-state index >= 15 is 0 Å². The first-order valence-corrected chi connectivity index (χ1v) is 10.7. The first-order valence-electron chi connectivity index (χ1n) is 10.7. The van der Waals surface area contributed by atoms with E-state index in [9.17, 15) is 9.59 Å². The number of nitrogens with zero attached hydrogens (tertiary/aromatic N) is 1. The molecule has 0 aliphatic carbocycles. The van der Waals surface area contributed by atoms with E-state index in [1.165, 1.54) is 0 Å². The highest BCUT2D eigenvalue weighted by Crippen LogP contribution is 2.36. The van der Waals surface area contributed by atoms with Gasteiger partial charge in [0.15, 0.2) is 17.8 Å². The number of methoxy groups -OCH3 is 1. The number of hydrogen-bond acceptors (Lipinski definition) is 5. The minimum atomic E-state index is -0.302. The van der Waals surface area contributed by atoms with Crippen molar-refractivity contribution in [1.29, 1.82) is 0 Å². The normalized spacial score (nSPS) is 20.7. The van der Waals surface area contributed by atoms with Gasteiger partial charge in [-0.05, 0) is 49.1 Å². The number of para-hydroxylation sites is 1. The predicted molar refractivity (Wildman–Crippen MR) is 116 cm³/mol. The van der Waals surface area contributed by atoms with Crippen LogP contribution in [0.2, 0.25) is 0 Å². The summed E-state index contributed by atoms with van der Waals surface area (Å²) in [7, 11) is 1.59. The van der Waals surface area contributed by atoms with Crippen LogP contribution < -0.4 is 14.8 Å². The number of ether oxygens (including phenoxy) is 3.